The molecule has 134 valence electrons. The second kappa shape index (κ2) is 7.13. The van der Waals surface area contributed by atoms with E-state index in [1.54, 1.807) is 54.7 Å². The molecule has 1 N–H and O–H groups in total. The molecule has 0 radical (unpaired) electrons. The molecule has 2 aromatic heterocycles. The van der Waals surface area contributed by atoms with Gasteiger partial charge in [-0.15, -0.1) is 0 Å². The van der Waals surface area contributed by atoms with Crippen molar-refractivity contribution < 1.29 is 9.59 Å². The van der Waals surface area contributed by atoms with Crippen LogP contribution >= 0.6 is 11.6 Å². The number of carbonyl (C=O) groups is 2. The molecule has 0 saturated heterocycles. The number of halogens is 1. The van der Waals surface area contributed by atoms with Gasteiger partial charge in [-0.05, 0) is 31.5 Å². The molecule has 3 aromatic rings. The molecule has 3 rings (SSSR count). The standard InChI is InChI=1S/C18H18ClN5O2/c1-11-16(12(2)23(3)22-11)17(25)18(26)21-15-8-9-20-24(15)10-13-4-6-14(19)7-5-13/h4-9H,10H2,1-3H3,(H,21,26). The molecule has 8 heteroatoms. The molecule has 0 bridgehead atoms. The summed E-state index contributed by atoms with van der Waals surface area (Å²) in [5.74, 6) is -0.896. The summed E-state index contributed by atoms with van der Waals surface area (Å²) in [7, 11) is 1.73. The molecule has 0 fully saturated rings. The third kappa shape index (κ3) is 3.52. The smallest absolute Gasteiger partial charge is 0.298 e. The molecular formula is C18H18ClN5O2. The molecule has 1 amide bonds. The lowest BCUT2D eigenvalue weighted by molar-refractivity contribution is -0.112. The highest BCUT2D eigenvalue weighted by Crippen LogP contribution is 2.16. The van der Waals surface area contributed by atoms with Gasteiger partial charge >= 0.3 is 0 Å². The van der Waals surface area contributed by atoms with Crippen LogP contribution in [0.2, 0.25) is 5.02 Å². The van der Waals surface area contributed by atoms with Gasteiger partial charge in [-0.1, -0.05) is 23.7 Å². The molecule has 0 saturated carbocycles. The van der Waals surface area contributed by atoms with Crippen LogP contribution < -0.4 is 5.32 Å². The SMILES string of the molecule is Cc1nn(C)c(C)c1C(=O)C(=O)Nc1ccnn1Cc1ccc(Cl)cc1. The number of hydrogen-bond donors (Lipinski definition) is 1. The van der Waals surface area contributed by atoms with E-state index in [-0.39, 0.29) is 0 Å². The molecule has 0 aliphatic carbocycles. The number of Topliss-reactive ketones (excluding diaryl/α,β-unsaturated/α-hetero) is 1. The summed E-state index contributed by atoms with van der Waals surface area (Å²) in [6.45, 7) is 3.91. The van der Waals surface area contributed by atoms with E-state index in [1.165, 1.54) is 0 Å². The Morgan fingerprint density at radius 1 is 1.15 bits per heavy atom. The van der Waals surface area contributed by atoms with Crippen LogP contribution in [-0.4, -0.2) is 31.3 Å². The number of amides is 1. The van der Waals surface area contributed by atoms with E-state index in [0.29, 0.717) is 34.3 Å². The van der Waals surface area contributed by atoms with Crippen molar-refractivity contribution >= 4 is 29.1 Å². The summed E-state index contributed by atoms with van der Waals surface area (Å²) in [6.07, 6.45) is 1.57. The van der Waals surface area contributed by atoms with Crippen LogP contribution in [0.4, 0.5) is 5.82 Å². The maximum absolute atomic E-state index is 12.5. The second-order valence-electron chi connectivity index (χ2n) is 5.95. The van der Waals surface area contributed by atoms with Gasteiger partial charge in [0.15, 0.2) is 0 Å². The van der Waals surface area contributed by atoms with Gasteiger partial charge in [0.1, 0.15) is 5.82 Å². The predicted octanol–water partition coefficient (Wildman–Crippen LogP) is 2.76. The number of hydrogen-bond acceptors (Lipinski definition) is 4. The van der Waals surface area contributed by atoms with Crippen molar-refractivity contribution in [3.63, 3.8) is 0 Å². The number of carbonyl (C=O) groups excluding carboxylic acids is 2. The number of ketones is 1. The molecule has 0 aliphatic rings. The highest BCUT2D eigenvalue weighted by molar-refractivity contribution is 6.47. The van der Waals surface area contributed by atoms with Crippen molar-refractivity contribution in [2.45, 2.75) is 20.4 Å². The highest BCUT2D eigenvalue weighted by Gasteiger charge is 2.24. The van der Waals surface area contributed by atoms with Gasteiger partial charge in [-0.2, -0.15) is 10.2 Å². The van der Waals surface area contributed by atoms with Crippen molar-refractivity contribution in [3.8, 4) is 0 Å². The first kappa shape index (κ1) is 17.9. The topological polar surface area (TPSA) is 81.8 Å². The number of aromatic nitrogens is 4. The fourth-order valence-electron chi connectivity index (χ4n) is 2.72. The van der Waals surface area contributed by atoms with Crippen LogP contribution in [-0.2, 0) is 18.4 Å². The van der Waals surface area contributed by atoms with E-state index in [2.05, 4.69) is 15.5 Å². The zero-order valence-electron chi connectivity index (χ0n) is 14.7. The molecule has 0 atom stereocenters. The van der Waals surface area contributed by atoms with Crippen molar-refractivity contribution in [1.82, 2.24) is 19.6 Å². The minimum absolute atomic E-state index is 0.328. The van der Waals surface area contributed by atoms with E-state index in [9.17, 15) is 9.59 Å². The molecule has 2 heterocycles. The summed E-state index contributed by atoms with van der Waals surface area (Å²) in [6, 6.07) is 8.97. The molecule has 7 nitrogen and oxygen atoms in total. The predicted molar refractivity (Wildman–Crippen MR) is 98.4 cm³/mol. The van der Waals surface area contributed by atoms with Gasteiger partial charge in [0, 0.05) is 23.8 Å². The Balaban J connectivity index is 1.77. The lowest BCUT2D eigenvalue weighted by atomic mass is 10.1. The number of benzene rings is 1. The average molecular weight is 372 g/mol. The molecule has 0 unspecified atom stereocenters. The van der Waals surface area contributed by atoms with Crippen LogP contribution in [0.25, 0.3) is 0 Å². The van der Waals surface area contributed by atoms with E-state index in [1.807, 2.05) is 12.1 Å². The van der Waals surface area contributed by atoms with Gasteiger partial charge < -0.3 is 5.32 Å². The van der Waals surface area contributed by atoms with E-state index >= 15 is 0 Å². The van der Waals surface area contributed by atoms with Crippen molar-refractivity contribution in [3.05, 3.63) is 64.1 Å². The molecular weight excluding hydrogens is 354 g/mol. The Hall–Kier alpha value is -2.93. The first-order valence-electron chi connectivity index (χ1n) is 7.99. The largest absolute Gasteiger partial charge is 0.304 e. The quantitative estimate of drug-likeness (QED) is 0.552. The number of aryl methyl sites for hydroxylation is 2. The lowest BCUT2D eigenvalue weighted by Gasteiger charge is -2.09. The fourth-order valence-corrected chi connectivity index (χ4v) is 2.84. The normalized spacial score (nSPS) is 10.8. The number of nitrogens with one attached hydrogen (secondary N) is 1. The third-order valence-electron chi connectivity index (χ3n) is 4.15. The van der Waals surface area contributed by atoms with E-state index in [0.717, 1.165) is 5.56 Å². The third-order valence-corrected chi connectivity index (χ3v) is 4.40. The first-order chi connectivity index (χ1) is 12.4. The summed E-state index contributed by atoms with van der Waals surface area (Å²) in [5.41, 5.74) is 2.48. The van der Waals surface area contributed by atoms with Crippen LogP contribution in [0.3, 0.4) is 0 Å². The Labute approximate surface area is 155 Å². The number of rotatable bonds is 5. The number of nitrogens with zero attached hydrogens (tertiary/aromatic N) is 4. The van der Waals surface area contributed by atoms with Crippen LogP contribution in [0.5, 0.6) is 0 Å². The van der Waals surface area contributed by atoms with Crippen molar-refractivity contribution in [2.75, 3.05) is 5.32 Å². The van der Waals surface area contributed by atoms with Crippen molar-refractivity contribution in [2.24, 2.45) is 7.05 Å². The van der Waals surface area contributed by atoms with Gasteiger partial charge in [0.05, 0.1) is 24.0 Å². The van der Waals surface area contributed by atoms with Gasteiger partial charge in [-0.25, -0.2) is 4.68 Å². The summed E-state index contributed by atoms with van der Waals surface area (Å²) >= 11 is 5.89. The number of anilines is 1. The summed E-state index contributed by atoms with van der Waals surface area (Å²) in [4.78, 5) is 24.9. The zero-order valence-corrected chi connectivity index (χ0v) is 15.4. The fraction of sp³-hybridized carbons (Fsp3) is 0.222. The van der Waals surface area contributed by atoms with Crippen LogP contribution in [0, 0.1) is 13.8 Å². The second-order valence-corrected chi connectivity index (χ2v) is 6.39. The molecule has 0 spiro atoms. The maximum Gasteiger partial charge on any atom is 0.298 e. The summed E-state index contributed by atoms with van der Waals surface area (Å²) in [5, 5.41) is 11.7. The Morgan fingerprint density at radius 2 is 1.85 bits per heavy atom. The van der Waals surface area contributed by atoms with Gasteiger partial charge in [-0.3, -0.25) is 14.3 Å². The Morgan fingerprint density at radius 3 is 2.46 bits per heavy atom. The minimum atomic E-state index is -0.720. The molecule has 1 aromatic carbocycles. The first-order valence-corrected chi connectivity index (χ1v) is 8.36. The monoisotopic (exact) mass is 371 g/mol. The van der Waals surface area contributed by atoms with Gasteiger partial charge in [0.2, 0.25) is 0 Å². The highest BCUT2D eigenvalue weighted by atomic mass is 35.5. The van der Waals surface area contributed by atoms with Crippen molar-refractivity contribution in [1.29, 1.82) is 0 Å². The molecule has 0 aliphatic heterocycles. The summed E-state index contributed by atoms with van der Waals surface area (Å²) < 4.78 is 3.19. The molecule has 26 heavy (non-hydrogen) atoms. The minimum Gasteiger partial charge on any atom is -0.304 e. The van der Waals surface area contributed by atoms with E-state index < -0.39 is 11.7 Å². The van der Waals surface area contributed by atoms with Crippen LogP contribution in [0.1, 0.15) is 27.3 Å². The maximum atomic E-state index is 12.5. The lowest BCUT2D eigenvalue weighted by Crippen LogP contribution is -2.25. The Kier molecular flexibility index (Phi) is 4.90. The van der Waals surface area contributed by atoms with Crippen LogP contribution in [0.15, 0.2) is 36.5 Å². The Bertz CT molecular complexity index is 972. The zero-order chi connectivity index (χ0) is 18.8. The van der Waals surface area contributed by atoms with Gasteiger partial charge in [0.25, 0.3) is 11.7 Å². The van der Waals surface area contributed by atoms with E-state index in [4.69, 9.17) is 11.6 Å². The average Bonchev–Trinajstić information content (AvgIpc) is 3.13.